The minimum absolute atomic E-state index is 0.172. The Morgan fingerprint density at radius 1 is 1.43 bits per heavy atom. The number of nitrogens with two attached hydrogens (primary N) is 1. The molecule has 3 nitrogen and oxygen atoms in total. The average Bonchev–Trinajstić information content (AvgIpc) is 2.65. The highest BCUT2D eigenvalue weighted by molar-refractivity contribution is 5.80. The fraction of sp³-hybridized carbons (Fsp3) is 0.364. The van der Waals surface area contributed by atoms with E-state index in [0.717, 1.165) is 23.9 Å². The van der Waals surface area contributed by atoms with Gasteiger partial charge in [0, 0.05) is 6.04 Å². The second-order valence-corrected chi connectivity index (χ2v) is 3.94. The first-order valence-corrected chi connectivity index (χ1v) is 5.06. The smallest absolute Gasteiger partial charge is 0.0932 e. The Balaban J connectivity index is 2.35. The highest BCUT2D eigenvalue weighted by Gasteiger charge is 2.20. The first-order valence-electron chi connectivity index (χ1n) is 5.06. The number of nitrogens with one attached hydrogen (secondary N) is 1. The van der Waals surface area contributed by atoms with Crippen molar-refractivity contribution in [1.29, 1.82) is 0 Å². The molecule has 1 heterocycles. The van der Waals surface area contributed by atoms with E-state index in [1.807, 2.05) is 0 Å². The molecule has 0 saturated carbocycles. The summed E-state index contributed by atoms with van der Waals surface area (Å²) in [6.45, 7) is 0. The van der Waals surface area contributed by atoms with Crippen molar-refractivity contribution >= 4 is 11.0 Å². The van der Waals surface area contributed by atoms with Crippen LogP contribution in [0.3, 0.4) is 0 Å². The van der Waals surface area contributed by atoms with Crippen molar-refractivity contribution in [2.24, 2.45) is 5.73 Å². The van der Waals surface area contributed by atoms with Crippen LogP contribution in [0.1, 0.15) is 30.0 Å². The highest BCUT2D eigenvalue weighted by atomic mass is 14.9. The van der Waals surface area contributed by atoms with Crippen LogP contribution in [0.15, 0.2) is 18.5 Å². The lowest BCUT2D eigenvalue weighted by Crippen LogP contribution is -2.17. The molecule has 2 aromatic rings. The Labute approximate surface area is 82.3 Å². The summed E-state index contributed by atoms with van der Waals surface area (Å²) in [4.78, 5) is 7.47. The number of rotatable bonds is 0. The van der Waals surface area contributed by atoms with E-state index in [0.29, 0.717) is 0 Å². The quantitative estimate of drug-likeness (QED) is 0.661. The van der Waals surface area contributed by atoms with Crippen molar-refractivity contribution < 1.29 is 0 Å². The molecule has 1 aromatic heterocycles. The monoisotopic (exact) mass is 187 g/mol. The standard InChI is InChI=1S/C11H13N3/c12-8-3-1-2-7-4-5-9-11(10(7)8)14-6-13-9/h4-6,8H,1-3,12H2,(H,13,14). The molecule has 1 unspecified atom stereocenters. The minimum atomic E-state index is 0.172. The van der Waals surface area contributed by atoms with Crippen LogP contribution in [0.25, 0.3) is 11.0 Å². The maximum absolute atomic E-state index is 6.12. The molecule has 3 rings (SSSR count). The molecule has 0 saturated heterocycles. The molecular weight excluding hydrogens is 174 g/mol. The SMILES string of the molecule is NC1CCCc2ccc3[nH]cnc3c21. The lowest BCUT2D eigenvalue weighted by molar-refractivity contribution is 0.574. The van der Waals surface area contributed by atoms with E-state index in [1.165, 1.54) is 17.5 Å². The van der Waals surface area contributed by atoms with Crippen molar-refractivity contribution in [3.05, 3.63) is 29.6 Å². The molecule has 1 atom stereocenters. The summed E-state index contributed by atoms with van der Waals surface area (Å²) in [5.41, 5.74) is 10.9. The predicted molar refractivity (Wildman–Crippen MR) is 56.0 cm³/mol. The molecule has 3 heteroatoms. The summed E-state index contributed by atoms with van der Waals surface area (Å²) in [5.74, 6) is 0. The van der Waals surface area contributed by atoms with Crippen LogP contribution < -0.4 is 5.73 Å². The highest BCUT2D eigenvalue weighted by Crippen LogP contribution is 2.32. The van der Waals surface area contributed by atoms with Gasteiger partial charge in [0.1, 0.15) is 0 Å². The van der Waals surface area contributed by atoms with E-state index in [2.05, 4.69) is 22.1 Å². The number of imidazole rings is 1. The van der Waals surface area contributed by atoms with Gasteiger partial charge in [-0.25, -0.2) is 4.98 Å². The Hall–Kier alpha value is -1.35. The Morgan fingerprint density at radius 2 is 2.36 bits per heavy atom. The fourth-order valence-corrected chi connectivity index (χ4v) is 2.36. The maximum Gasteiger partial charge on any atom is 0.0932 e. The third-order valence-electron chi connectivity index (χ3n) is 3.05. The molecule has 0 spiro atoms. The van der Waals surface area contributed by atoms with Crippen molar-refractivity contribution in [3.63, 3.8) is 0 Å². The zero-order chi connectivity index (χ0) is 9.54. The van der Waals surface area contributed by atoms with Crippen LogP contribution in [-0.2, 0) is 6.42 Å². The van der Waals surface area contributed by atoms with Gasteiger partial charge >= 0.3 is 0 Å². The van der Waals surface area contributed by atoms with E-state index >= 15 is 0 Å². The van der Waals surface area contributed by atoms with Crippen molar-refractivity contribution in [3.8, 4) is 0 Å². The van der Waals surface area contributed by atoms with Gasteiger partial charge < -0.3 is 10.7 Å². The molecule has 0 fully saturated rings. The Bertz CT molecular complexity index is 472. The van der Waals surface area contributed by atoms with Crippen LogP contribution in [0.2, 0.25) is 0 Å². The number of aromatic nitrogens is 2. The Morgan fingerprint density at radius 3 is 3.29 bits per heavy atom. The number of hydrogen-bond donors (Lipinski definition) is 2. The molecule has 0 bridgehead atoms. The van der Waals surface area contributed by atoms with Gasteiger partial charge in [0.15, 0.2) is 0 Å². The minimum Gasteiger partial charge on any atom is -0.345 e. The largest absolute Gasteiger partial charge is 0.345 e. The van der Waals surface area contributed by atoms with E-state index in [9.17, 15) is 0 Å². The van der Waals surface area contributed by atoms with Crippen LogP contribution >= 0.6 is 0 Å². The summed E-state index contributed by atoms with van der Waals surface area (Å²) < 4.78 is 0. The number of benzene rings is 1. The normalized spacial score (nSPS) is 21.1. The molecule has 3 N–H and O–H groups in total. The molecule has 0 amide bonds. The molecule has 72 valence electrons. The van der Waals surface area contributed by atoms with Gasteiger partial charge in [0.25, 0.3) is 0 Å². The third kappa shape index (κ3) is 0.990. The van der Waals surface area contributed by atoms with Gasteiger partial charge in [0.05, 0.1) is 17.4 Å². The Kier molecular flexibility index (Phi) is 1.61. The summed E-state index contributed by atoms with van der Waals surface area (Å²) in [7, 11) is 0. The number of fused-ring (bicyclic) bond motifs is 3. The summed E-state index contributed by atoms with van der Waals surface area (Å²) in [6.07, 6.45) is 5.17. The summed E-state index contributed by atoms with van der Waals surface area (Å²) in [6, 6.07) is 4.44. The molecule has 0 radical (unpaired) electrons. The number of aromatic amines is 1. The molecule has 1 aliphatic carbocycles. The van der Waals surface area contributed by atoms with Crippen molar-refractivity contribution in [2.75, 3.05) is 0 Å². The van der Waals surface area contributed by atoms with Gasteiger partial charge in [-0.05, 0) is 36.5 Å². The van der Waals surface area contributed by atoms with Crippen molar-refractivity contribution in [2.45, 2.75) is 25.3 Å². The molecule has 14 heavy (non-hydrogen) atoms. The first-order chi connectivity index (χ1) is 6.86. The number of hydrogen-bond acceptors (Lipinski definition) is 2. The lowest BCUT2D eigenvalue weighted by Gasteiger charge is -2.22. The molecule has 1 aromatic carbocycles. The number of aryl methyl sites for hydroxylation is 1. The second kappa shape index (κ2) is 2.82. The maximum atomic E-state index is 6.12. The molecule has 0 aliphatic heterocycles. The van der Waals surface area contributed by atoms with Gasteiger partial charge in [-0.1, -0.05) is 6.07 Å². The second-order valence-electron chi connectivity index (χ2n) is 3.94. The zero-order valence-corrected chi connectivity index (χ0v) is 7.96. The van der Waals surface area contributed by atoms with E-state index < -0.39 is 0 Å². The predicted octanol–water partition coefficient (Wildman–Crippen LogP) is 1.90. The van der Waals surface area contributed by atoms with Crippen LogP contribution in [0.5, 0.6) is 0 Å². The van der Waals surface area contributed by atoms with Gasteiger partial charge in [-0.2, -0.15) is 0 Å². The van der Waals surface area contributed by atoms with Crippen LogP contribution in [0.4, 0.5) is 0 Å². The van der Waals surface area contributed by atoms with Crippen LogP contribution in [-0.4, -0.2) is 9.97 Å². The van der Waals surface area contributed by atoms with Gasteiger partial charge in [-0.3, -0.25) is 0 Å². The molecule has 1 aliphatic rings. The lowest BCUT2D eigenvalue weighted by atomic mass is 9.87. The van der Waals surface area contributed by atoms with E-state index in [-0.39, 0.29) is 6.04 Å². The molecular formula is C11H13N3. The van der Waals surface area contributed by atoms with E-state index in [1.54, 1.807) is 6.33 Å². The number of nitrogens with zero attached hydrogens (tertiary/aromatic N) is 1. The third-order valence-corrected chi connectivity index (χ3v) is 3.05. The fourth-order valence-electron chi connectivity index (χ4n) is 2.36. The first kappa shape index (κ1) is 8.00. The summed E-state index contributed by atoms with van der Waals surface area (Å²) >= 11 is 0. The topological polar surface area (TPSA) is 54.7 Å². The zero-order valence-electron chi connectivity index (χ0n) is 7.96. The van der Waals surface area contributed by atoms with Crippen LogP contribution in [0, 0.1) is 0 Å². The number of H-pyrrole nitrogens is 1. The van der Waals surface area contributed by atoms with Gasteiger partial charge in [0.2, 0.25) is 0 Å². The summed E-state index contributed by atoms with van der Waals surface area (Å²) in [5, 5.41) is 0. The van der Waals surface area contributed by atoms with E-state index in [4.69, 9.17) is 5.73 Å². The average molecular weight is 187 g/mol. The van der Waals surface area contributed by atoms with Gasteiger partial charge in [-0.15, -0.1) is 0 Å². The van der Waals surface area contributed by atoms with Crippen molar-refractivity contribution in [1.82, 2.24) is 9.97 Å².